The van der Waals surface area contributed by atoms with Gasteiger partial charge < -0.3 is 14.6 Å². The number of methoxy groups -OCH3 is 1. The van der Waals surface area contributed by atoms with Crippen LogP contribution in [0.5, 0.6) is 17.4 Å². The molecule has 2 aromatic carbocycles. The second-order valence-corrected chi connectivity index (χ2v) is 9.06. The number of aliphatic hydroxyl groups excluding tert-OH is 1. The Morgan fingerprint density at radius 2 is 1.94 bits per heavy atom. The number of rotatable bonds is 13. The molecule has 34 heavy (non-hydrogen) atoms. The van der Waals surface area contributed by atoms with Crippen molar-refractivity contribution in [1.29, 1.82) is 0 Å². The van der Waals surface area contributed by atoms with Crippen molar-refractivity contribution >= 4 is 0 Å². The normalized spacial score (nSPS) is 14.2. The summed E-state index contributed by atoms with van der Waals surface area (Å²) >= 11 is 0. The van der Waals surface area contributed by atoms with Crippen LogP contribution in [-0.2, 0) is 13.6 Å². The third-order valence-corrected chi connectivity index (χ3v) is 6.16. The van der Waals surface area contributed by atoms with E-state index in [0.717, 1.165) is 42.0 Å². The van der Waals surface area contributed by atoms with E-state index in [0.29, 0.717) is 30.6 Å². The number of benzene rings is 2. The number of aryl methyl sites for hydroxylation is 1. The van der Waals surface area contributed by atoms with E-state index in [1.807, 2.05) is 55.6 Å². The molecule has 1 fully saturated rings. The highest BCUT2D eigenvalue weighted by Gasteiger charge is 2.28. The molecule has 1 saturated carbocycles. The maximum absolute atomic E-state index is 10.7. The average molecular weight is 462 g/mol. The van der Waals surface area contributed by atoms with Crippen LogP contribution in [0, 0.1) is 5.92 Å². The predicted molar refractivity (Wildman–Crippen MR) is 135 cm³/mol. The molecule has 1 heterocycles. The fraction of sp³-hybridized carbons (Fsp3) is 0.393. The summed E-state index contributed by atoms with van der Waals surface area (Å²) < 4.78 is 13.6. The number of hydrogen-bond acceptors (Lipinski definition) is 5. The van der Waals surface area contributed by atoms with Crippen LogP contribution in [0.1, 0.15) is 31.2 Å². The third kappa shape index (κ3) is 6.27. The molecule has 4 rings (SSSR count). The fourth-order valence-electron chi connectivity index (χ4n) is 4.22. The van der Waals surface area contributed by atoms with Crippen LogP contribution in [0.3, 0.4) is 0 Å². The summed E-state index contributed by atoms with van der Waals surface area (Å²) in [6.45, 7) is 6.02. The second kappa shape index (κ2) is 11.4. The summed E-state index contributed by atoms with van der Waals surface area (Å²) in [5.41, 5.74) is 2.97. The first-order valence-electron chi connectivity index (χ1n) is 12.0. The van der Waals surface area contributed by atoms with Crippen molar-refractivity contribution in [3.63, 3.8) is 0 Å². The topological polar surface area (TPSA) is 59.8 Å². The van der Waals surface area contributed by atoms with Crippen LogP contribution in [0.15, 0.2) is 67.3 Å². The minimum absolute atomic E-state index is 0.392. The van der Waals surface area contributed by atoms with E-state index in [1.165, 1.54) is 12.8 Å². The lowest BCUT2D eigenvalue weighted by molar-refractivity contribution is 0.0992. The lowest BCUT2D eigenvalue weighted by Crippen LogP contribution is -2.33. The van der Waals surface area contributed by atoms with Crippen molar-refractivity contribution in [1.82, 2.24) is 14.7 Å². The molecule has 0 bridgehead atoms. The van der Waals surface area contributed by atoms with Crippen LogP contribution in [-0.4, -0.2) is 46.1 Å². The van der Waals surface area contributed by atoms with Gasteiger partial charge in [0, 0.05) is 38.3 Å². The van der Waals surface area contributed by atoms with E-state index < -0.39 is 6.10 Å². The first-order valence-corrected chi connectivity index (χ1v) is 12.0. The molecule has 1 aliphatic rings. The number of aromatic nitrogens is 2. The number of nitrogens with zero attached hydrogens (tertiary/aromatic N) is 3. The van der Waals surface area contributed by atoms with Crippen molar-refractivity contribution in [2.24, 2.45) is 13.0 Å². The summed E-state index contributed by atoms with van der Waals surface area (Å²) in [6.07, 6.45) is 5.51. The predicted octanol–water partition coefficient (Wildman–Crippen LogP) is 5.43. The maximum Gasteiger partial charge on any atom is 0.222 e. The molecule has 0 aliphatic heterocycles. The van der Waals surface area contributed by atoms with E-state index in [1.54, 1.807) is 11.8 Å². The van der Waals surface area contributed by atoms with Gasteiger partial charge in [-0.25, -0.2) is 4.68 Å². The largest absolute Gasteiger partial charge is 0.497 e. The Morgan fingerprint density at radius 1 is 1.18 bits per heavy atom. The zero-order chi connectivity index (χ0) is 23.9. The molecule has 6 nitrogen and oxygen atoms in total. The van der Waals surface area contributed by atoms with Crippen molar-refractivity contribution in [3.05, 3.63) is 72.8 Å². The molecule has 0 radical (unpaired) electrons. The Bertz CT molecular complexity index is 1080. The van der Waals surface area contributed by atoms with E-state index in [9.17, 15) is 5.11 Å². The molecular formula is C28H35N3O3. The molecule has 1 atom stereocenters. The first-order chi connectivity index (χ1) is 16.6. The number of hydrogen-bond donors (Lipinski definition) is 1. The van der Waals surface area contributed by atoms with Gasteiger partial charge in [-0.1, -0.05) is 42.5 Å². The molecule has 0 amide bonds. The third-order valence-electron chi connectivity index (χ3n) is 6.16. The molecular weight excluding hydrogens is 426 g/mol. The Morgan fingerprint density at radius 3 is 2.65 bits per heavy atom. The smallest absolute Gasteiger partial charge is 0.222 e. The standard InChI is InChI=1S/C28H35N3O3/c1-4-5-12-23(32)19-31(18-21-15-16-21)20-26-27(22-10-7-6-8-11-22)29-30(2)28(26)34-25-14-9-13-24(17-25)33-3/h4,6-11,13-14,17,21,23,32H,1,5,12,15-16,18-20H2,2-3H3. The molecule has 1 unspecified atom stereocenters. The van der Waals surface area contributed by atoms with Crippen molar-refractivity contribution in [3.8, 4) is 28.6 Å². The van der Waals surface area contributed by atoms with Crippen LogP contribution < -0.4 is 9.47 Å². The zero-order valence-electron chi connectivity index (χ0n) is 20.2. The van der Waals surface area contributed by atoms with Crippen LogP contribution >= 0.6 is 0 Å². The van der Waals surface area contributed by atoms with E-state index in [2.05, 4.69) is 23.6 Å². The Hall–Kier alpha value is -3.09. The van der Waals surface area contributed by atoms with Gasteiger partial charge in [0.15, 0.2) is 0 Å². The molecule has 0 saturated heterocycles. The van der Waals surface area contributed by atoms with Gasteiger partial charge in [0.25, 0.3) is 0 Å². The van der Waals surface area contributed by atoms with Crippen LogP contribution in [0.2, 0.25) is 0 Å². The van der Waals surface area contributed by atoms with Gasteiger partial charge in [-0.3, -0.25) is 4.90 Å². The highest BCUT2D eigenvalue weighted by molar-refractivity contribution is 5.65. The van der Waals surface area contributed by atoms with Gasteiger partial charge in [0.1, 0.15) is 17.2 Å². The minimum atomic E-state index is -0.392. The average Bonchev–Trinajstić information content (AvgIpc) is 3.62. The van der Waals surface area contributed by atoms with Gasteiger partial charge in [0.2, 0.25) is 5.88 Å². The quantitative estimate of drug-likeness (QED) is 0.344. The monoisotopic (exact) mass is 461 g/mol. The second-order valence-electron chi connectivity index (χ2n) is 9.06. The lowest BCUT2D eigenvalue weighted by Gasteiger charge is -2.25. The number of ether oxygens (including phenoxy) is 2. The highest BCUT2D eigenvalue weighted by atomic mass is 16.5. The van der Waals surface area contributed by atoms with Crippen molar-refractivity contribution < 1.29 is 14.6 Å². The van der Waals surface area contributed by atoms with Gasteiger partial charge in [0.05, 0.1) is 18.8 Å². The minimum Gasteiger partial charge on any atom is -0.497 e. The van der Waals surface area contributed by atoms with Crippen LogP contribution in [0.25, 0.3) is 11.3 Å². The Balaban J connectivity index is 1.67. The molecule has 1 aromatic heterocycles. The summed E-state index contributed by atoms with van der Waals surface area (Å²) in [4.78, 5) is 2.35. The fourth-order valence-corrected chi connectivity index (χ4v) is 4.22. The maximum atomic E-state index is 10.7. The molecule has 180 valence electrons. The zero-order valence-corrected chi connectivity index (χ0v) is 20.2. The lowest BCUT2D eigenvalue weighted by atomic mass is 10.1. The molecule has 6 heteroatoms. The van der Waals surface area contributed by atoms with E-state index >= 15 is 0 Å². The summed E-state index contributed by atoms with van der Waals surface area (Å²) in [5.74, 6) is 2.84. The first kappa shape index (κ1) is 24.0. The van der Waals surface area contributed by atoms with Gasteiger partial charge in [-0.2, -0.15) is 5.10 Å². The van der Waals surface area contributed by atoms with Crippen LogP contribution in [0.4, 0.5) is 0 Å². The molecule has 1 aliphatic carbocycles. The van der Waals surface area contributed by atoms with E-state index in [-0.39, 0.29) is 0 Å². The molecule has 3 aromatic rings. The summed E-state index contributed by atoms with van der Waals surface area (Å²) in [7, 11) is 3.56. The van der Waals surface area contributed by atoms with Gasteiger partial charge >= 0.3 is 0 Å². The number of aliphatic hydroxyl groups is 1. The number of allylic oxidation sites excluding steroid dienone is 1. The highest BCUT2D eigenvalue weighted by Crippen LogP contribution is 2.36. The Labute approximate surface area is 202 Å². The Kier molecular flexibility index (Phi) is 8.03. The van der Waals surface area contributed by atoms with Crippen molar-refractivity contribution in [2.75, 3.05) is 20.2 Å². The van der Waals surface area contributed by atoms with Gasteiger partial charge in [-0.05, 0) is 43.7 Å². The van der Waals surface area contributed by atoms with Gasteiger partial charge in [-0.15, -0.1) is 6.58 Å². The molecule has 1 N–H and O–H groups in total. The summed E-state index contributed by atoms with van der Waals surface area (Å²) in [5, 5.41) is 15.5. The molecule has 0 spiro atoms. The van der Waals surface area contributed by atoms with Crippen molar-refractivity contribution in [2.45, 2.75) is 38.3 Å². The SMILES string of the molecule is C=CCCC(O)CN(Cc1c(-c2ccccc2)nn(C)c1Oc1cccc(OC)c1)CC1CC1. The summed E-state index contributed by atoms with van der Waals surface area (Å²) in [6, 6.07) is 17.8. The van der Waals surface area contributed by atoms with E-state index in [4.69, 9.17) is 14.6 Å².